The highest BCUT2D eigenvalue weighted by Gasteiger charge is 2.54. The van der Waals surface area contributed by atoms with Gasteiger partial charge in [0.25, 0.3) is 0 Å². The summed E-state index contributed by atoms with van der Waals surface area (Å²) in [7, 11) is 0. The van der Waals surface area contributed by atoms with Crippen molar-refractivity contribution < 1.29 is 0 Å². The predicted octanol–water partition coefficient (Wildman–Crippen LogP) is 9.02. The summed E-state index contributed by atoms with van der Waals surface area (Å²) in [4.78, 5) is 0. The molecule has 28 heavy (non-hydrogen) atoms. The van der Waals surface area contributed by atoms with E-state index in [1.165, 1.54) is 30.4 Å². The van der Waals surface area contributed by atoms with Gasteiger partial charge >= 0.3 is 0 Å². The number of anilines is 1. The number of rotatable bonds is 1. The van der Waals surface area contributed by atoms with Gasteiger partial charge in [-0.3, -0.25) is 0 Å². The number of halogens is 6. The van der Waals surface area contributed by atoms with E-state index in [-0.39, 0.29) is 11.4 Å². The van der Waals surface area contributed by atoms with Gasteiger partial charge in [0.15, 0.2) is 0 Å². The summed E-state index contributed by atoms with van der Waals surface area (Å²) < 4.78 is 0. The maximum Gasteiger partial charge on any atom is 0.0967 e. The molecule has 1 N–H and O–H groups in total. The molecule has 0 unspecified atom stereocenters. The Kier molecular flexibility index (Phi) is 6.53. The van der Waals surface area contributed by atoms with E-state index < -0.39 is 0 Å². The van der Waals surface area contributed by atoms with E-state index in [2.05, 4.69) is 17.4 Å². The maximum absolute atomic E-state index is 6.56. The molecule has 0 spiro atoms. The van der Waals surface area contributed by atoms with Gasteiger partial charge in [0.2, 0.25) is 0 Å². The molecule has 2 saturated carbocycles. The van der Waals surface area contributed by atoms with Crippen LogP contribution < -0.4 is 5.32 Å². The van der Waals surface area contributed by atoms with Crippen LogP contribution >= 0.6 is 69.6 Å². The fourth-order valence-electron chi connectivity index (χ4n) is 5.55. The highest BCUT2D eigenvalue weighted by molar-refractivity contribution is 6.42. The molecule has 2 fully saturated rings. The fourth-order valence-corrected chi connectivity index (χ4v) is 6.42. The number of fused-ring (bicyclic) bond motifs is 7. The Bertz CT molecular complexity index is 885. The van der Waals surface area contributed by atoms with Gasteiger partial charge in [-0.2, -0.15) is 0 Å². The number of alkyl halides is 2. The molecule has 2 aromatic carbocycles. The number of hydrogen-bond donors (Lipinski definition) is 1. The van der Waals surface area contributed by atoms with E-state index in [9.17, 15) is 0 Å². The minimum atomic E-state index is 0.194. The normalized spacial score (nSPS) is 29.4. The lowest BCUT2D eigenvalue weighted by Crippen LogP contribution is -2.35. The first kappa shape index (κ1) is 21.2. The molecule has 1 aliphatic heterocycles. The van der Waals surface area contributed by atoms with Crippen LogP contribution in [-0.4, -0.2) is 5.34 Å². The SMILES string of the molecule is ClCCl.Clc1cc(Cl)c2c(c1)[C@H]1[C@@H]3CC[C@@H](C3)[C@H]1[C@@H](c1ccc(Cl)c(Cl)c1)N2. The molecule has 1 nitrogen and oxygen atoms in total. The molecule has 2 bridgehead atoms. The smallest absolute Gasteiger partial charge is 0.0967 e. The van der Waals surface area contributed by atoms with Crippen molar-refractivity contribution >= 4 is 75.3 Å². The van der Waals surface area contributed by atoms with Gasteiger partial charge in [0.05, 0.1) is 32.1 Å². The van der Waals surface area contributed by atoms with Crippen LogP contribution in [0.4, 0.5) is 5.69 Å². The summed E-state index contributed by atoms with van der Waals surface area (Å²) in [6.07, 6.45) is 3.93. The number of hydrogen-bond acceptors (Lipinski definition) is 1. The van der Waals surface area contributed by atoms with Crippen molar-refractivity contribution in [3.8, 4) is 0 Å². The first-order valence-corrected chi connectivity index (χ1v) is 11.8. The summed E-state index contributed by atoms with van der Waals surface area (Å²) in [5, 5.41) is 6.54. The topological polar surface area (TPSA) is 12.0 Å². The minimum Gasteiger partial charge on any atom is -0.376 e. The van der Waals surface area contributed by atoms with Gasteiger partial charge in [-0.1, -0.05) is 52.5 Å². The van der Waals surface area contributed by atoms with Crippen molar-refractivity contribution in [2.24, 2.45) is 17.8 Å². The molecule has 3 aliphatic rings. The summed E-state index contributed by atoms with van der Waals surface area (Å²) in [6.45, 7) is 0. The highest BCUT2D eigenvalue weighted by atomic mass is 35.5. The highest BCUT2D eigenvalue weighted by Crippen LogP contribution is 2.64. The Balaban J connectivity index is 0.000000604. The van der Waals surface area contributed by atoms with E-state index in [4.69, 9.17) is 69.6 Å². The molecule has 5 rings (SSSR count). The van der Waals surface area contributed by atoms with Crippen LogP contribution in [0.5, 0.6) is 0 Å². The molecule has 0 radical (unpaired) electrons. The van der Waals surface area contributed by atoms with Crippen molar-refractivity contribution in [1.29, 1.82) is 0 Å². The molecule has 2 aliphatic carbocycles. The van der Waals surface area contributed by atoms with Crippen LogP contribution in [0.25, 0.3) is 0 Å². The van der Waals surface area contributed by atoms with E-state index in [1.807, 2.05) is 18.2 Å². The van der Waals surface area contributed by atoms with Crippen molar-refractivity contribution in [3.05, 3.63) is 61.5 Å². The summed E-state index contributed by atoms with van der Waals surface area (Å²) >= 11 is 34.8. The predicted molar refractivity (Wildman–Crippen MR) is 123 cm³/mol. The van der Waals surface area contributed by atoms with Crippen LogP contribution in [0, 0.1) is 17.8 Å². The Morgan fingerprint density at radius 3 is 2.29 bits per heavy atom. The molecular formula is C21H19Cl6N. The summed E-state index contributed by atoms with van der Waals surface area (Å²) in [5.74, 6) is 2.55. The zero-order valence-electron chi connectivity index (χ0n) is 14.9. The lowest BCUT2D eigenvalue weighted by Gasteiger charge is -2.44. The van der Waals surface area contributed by atoms with Crippen molar-refractivity contribution in [2.45, 2.75) is 31.2 Å². The van der Waals surface area contributed by atoms with Crippen LogP contribution in [0.3, 0.4) is 0 Å². The second kappa shape index (κ2) is 8.61. The zero-order valence-corrected chi connectivity index (χ0v) is 19.4. The molecule has 0 amide bonds. The number of benzene rings is 2. The third kappa shape index (κ3) is 3.72. The monoisotopic (exact) mass is 495 g/mol. The third-order valence-electron chi connectivity index (χ3n) is 6.41. The average molecular weight is 498 g/mol. The Labute approximate surface area is 195 Å². The van der Waals surface area contributed by atoms with Crippen LogP contribution in [-0.2, 0) is 0 Å². The van der Waals surface area contributed by atoms with Gasteiger partial charge in [0, 0.05) is 5.02 Å². The van der Waals surface area contributed by atoms with Gasteiger partial charge in [0.1, 0.15) is 0 Å². The lowest BCUT2D eigenvalue weighted by atomic mass is 9.68. The summed E-state index contributed by atoms with van der Waals surface area (Å²) in [5.41, 5.74) is 3.52. The maximum atomic E-state index is 6.56. The lowest BCUT2D eigenvalue weighted by molar-refractivity contribution is 0.247. The van der Waals surface area contributed by atoms with Crippen LogP contribution in [0.15, 0.2) is 30.3 Å². The molecular weight excluding hydrogens is 479 g/mol. The second-order valence-corrected chi connectivity index (χ2v) is 10.2. The molecule has 7 heteroatoms. The van der Waals surface area contributed by atoms with Gasteiger partial charge < -0.3 is 5.32 Å². The van der Waals surface area contributed by atoms with Crippen molar-refractivity contribution in [2.75, 3.05) is 10.7 Å². The van der Waals surface area contributed by atoms with Gasteiger partial charge in [-0.25, -0.2) is 0 Å². The standard InChI is InChI=1S/C20H17Cl4N.CH2Cl2/c21-12-7-13-17-9-1-2-10(5-9)18(17)19(25-20(13)16(24)8-12)11-3-4-14(22)15(23)6-11;2-1-3/h3-4,6-10,17-19,25H,1-2,5H2;1H2/t9-,10+,17-,18-,19-;/m1./s1. The average Bonchev–Trinajstić information content (AvgIpc) is 3.27. The molecule has 0 saturated heterocycles. The molecule has 1 heterocycles. The van der Waals surface area contributed by atoms with E-state index in [1.54, 1.807) is 0 Å². The third-order valence-corrected chi connectivity index (χ3v) is 7.67. The van der Waals surface area contributed by atoms with E-state index in [0.29, 0.717) is 26.9 Å². The first-order chi connectivity index (χ1) is 13.4. The zero-order chi connectivity index (χ0) is 20.0. The van der Waals surface area contributed by atoms with Gasteiger partial charge in [-0.15, -0.1) is 23.2 Å². The molecule has 5 atom stereocenters. The molecule has 0 aromatic heterocycles. The van der Waals surface area contributed by atoms with Crippen molar-refractivity contribution in [1.82, 2.24) is 0 Å². The second-order valence-electron chi connectivity index (χ2n) is 7.68. The van der Waals surface area contributed by atoms with Crippen LogP contribution in [0.1, 0.15) is 42.3 Å². The molecule has 2 aromatic rings. The van der Waals surface area contributed by atoms with E-state index >= 15 is 0 Å². The van der Waals surface area contributed by atoms with Gasteiger partial charge in [-0.05, 0) is 78.3 Å². The Hall–Kier alpha value is -0.0200. The van der Waals surface area contributed by atoms with Crippen molar-refractivity contribution in [3.63, 3.8) is 0 Å². The Morgan fingerprint density at radius 1 is 0.857 bits per heavy atom. The quantitative estimate of drug-likeness (QED) is 0.387. The van der Waals surface area contributed by atoms with E-state index in [0.717, 1.165) is 22.5 Å². The Morgan fingerprint density at radius 2 is 1.57 bits per heavy atom. The minimum absolute atomic E-state index is 0.194. The number of nitrogens with one attached hydrogen (secondary N) is 1. The van der Waals surface area contributed by atoms with Crippen LogP contribution in [0.2, 0.25) is 20.1 Å². The largest absolute Gasteiger partial charge is 0.376 e. The summed E-state index contributed by atoms with van der Waals surface area (Å²) in [6, 6.07) is 10.1. The molecule has 150 valence electrons. The first-order valence-electron chi connectivity index (χ1n) is 9.27. The fraction of sp³-hybridized carbons (Fsp3) is 0.429.